The maximum atomic E-state index is 14.9. The molecule has 4 aromatic heterocycles. The predicted octanol–water partition coefficient (Wildman–Crippen LogP) is 6.08. The van der Waals surface area contributed by atoms with E-state index in [4.69, 9.17) is 0 Å². The van der Waals surface area contributed by atoms with Crippen LogP contribution in [0.3, 0.4) is 0 Å². The van der Waals surface area contributed by atoms with Crippen LogP contribution in [0.25, 0.3) is 33.4 Å². The topological polar surface area (TPSA) is 140 Å². The molecule has 4 heterocycles. The lowest BCUT2D eigenvalue weighted by Crippen LogP contribution is -2.25. The van der Waals surface area contributed by atoms with Gasteiger partial charge in [0, 0.05) is 46.6 Å². The number of carbonyl (C=O) groups excluding carboxylic acids is 1. The van der Waals surface area contributed by atoms with Crippen LogP contribution < -0.4 is 21.5 Å². The number of urea groups is 1. The lowest BCUT2D eigenvalue weighted by atomic mass is 9.95. The molecule has 1 aromatic carbocycles. The molecule has 42 heavy (non-hydrogen) atoms. The third kappa shape index (κ3) is 5.68. The molecule has 0 unspecified atom stereocenters. The second-order valence-corrected chi connectivity index (χ2v) is 11.6. The van der Waals surface area contributed by atoms with Crippen LogP contribution in [0.5, 0.6) is 0 Å². The molecule has 5 aromatic rings. The van der Waals surface area contributed by atoms with E-state index in [0.717, 1.165) is 5.56 Å². The van der Waals surface area contributed by atoms with Gasteiger partial charge in [0.15, 0.2) is 0 Å². The van der Waals surface area contributed by atoms with E-state index in [9.17, 15) is 14.0 Å². The van der Waals surface area contributed by atoms with Crippen LogP contribution in [-0.2, 0) is 5.41 Å². The molecule has 0 bridgehead atoms. The van der Waals surface area contributed by atoms with Crippen LogP contribution >= 0.6 is 11.5 Å². The summed E-state index contributed by atoms with van der Waals surface area (Å²) in [4.78, 5) is 44.5. The van der Waals surface area contributed by atoms with E-state index in [-0.39, 0.29) is 22.7 Å². The van der Waals surface area contributed by atoms with E-state index in [2.05, 4.69) is 40.3 Å². The first-order valence-corrected chi connectivity index (χ1v) is 14.0. The second kappa shape index (κ2) is 11.2. The zero-order valence-electron chi connectivity index (χ0n) is 24.0. The lowest BCUT2D eigenvalue weighted by Gasteiger charge is -2.19. The van der Waals surface area contributed by atoms with Crippen molar-refractivity contribution in [2.75, 3.05) is 23.0 Å². The molecular formula is C29H30FN9O2S. The Balaban J connectivity index is 1.49. The Hall–Kier alpha value is -4.78. The Morgan fingerprint density at radius 3 is 2.43 bits per heavy atom. The van der Waals surface area contributed by atoms with Crippen molar-refractivity contribution in [3.05, 3.63) is 70.2 Å². The van der Waals surface area contributed by atoms with E-state index in [1.807, 2.05) is 40.0 Å². The van der Waals surface area contributed by atoms with Crippen molar-refractivity contribution >= 4 is 45.9 Å². The number of hydrogen-bond acceptors (Lipinski definition) is 9. The van der Waals surface area contributed by atoms with E-state index in [0.29, 0.717) is 45.3 Å². The average molecular weight is 588 g/mol. The zero-order valence-corrected chi connectivity index (χ0v) is 24.8. The Morgan fingerprint density at radius 1 is 1.00 bits per heavy atom. The van der Waals surface area contributed by atoms with Gasteiger partial charge in [0.25, 0.3) is 5.56 Å². The molecule has 216 valence electrons. The summed E-state index contributed by atoms with van der Waals surface area (Å²) in [6.45, 7) is 9.74. The highest BCUT2D eigenvalue weighted by Crippen LogP contribution is 2.30. The lowest BCUT2D eigenvalue weighted by molar-refractivity contribution is 0.262. The summed E-state index contributed by atoms with van der Waals surface area (Å²) in [6.07, 6.45) is 4.81. The number of halogens is 1. The maximum absolute atomic E-state index is 14.9. The monoisotopic (exact) mass is 587 g/mol. The Bertz CT molecular complexity index is 1850. The summed E-state index contributed by atoms with van der Waals surface area (Å²) >= 11 is 1.26. The third-order valence-corrected chi connectivity index (χ3v) is 7.04. The van der Waals surface area contributed by atoms with Gasteiger partial charge in [0.2, 0.25) is 5.95 Å². The minimum absolute atomic E-state index is 0.103. The first-order valence-electron chi connectivity index (χ1n) is 13.2. The molecule has 0 saturated carbocycles. The van der Waals surface area contributed by atoms with Crippen LogP contribution in [0.15, 0.2) is 53.0 Å². The number of carbonyl (C=O) groups is 1. The van der Waals surface area contributed by atoms with Gasteiger partial charge < -0.3 is 16.0 Å². The summed E-state index contributed by atoms with van der Waals surface area (Å²) in [5.41, 5.74) is 2.07. The van der Waals surface area contributed by atoms with E-state index < -0.39 is 11.8 Å². The fraction of sp³-hybridized carbons (Fsp3) is 0.276. The largest absolute Gasteiger partial charge is 0.357 e. The molecule has 3 N–H and O–H groups in total. The van der Waals surface area contributed by atoms with Crippen molar-refractivity contribution in [3.8, 4) is 22.4 Å². The predicted molar refractivity (Wildman–Crippen MR) is 164 cm³/mol. The van der Waals surface area contributed by atoms with Crippen molar-refractivity contribution in [1.29, 1.82) is 0 Å². The van der Waals surface area contributed by atoms with E-state index >= 15 is 0 Å². The Kier molecular flexibility index (Phi) is 7.69. The Morgan fingerprint density at radius 2 is 1.76 bits per heavy atom. The van der Waals surface area contributed by atoms with E-state index in [1.54, 1.807) is 30.1 Å². The first kappa shape index (κ1) is 28.7. The summed E-state index contributed by atoms with van der Waals surface area (Å²) in [5.74, 6) is 0.325. The number of fused-ring (bicyclic) bond motifs is 1. The molecule has 11 nitrogen and oxygen atoms in total. The van der Waals surface area contributed by atoms with Crippen LogP contribution in [0.1, 0.15) is 46.5 Å². The minimum atomic E-state index is -0.700. The van der Waals surface area contributed by atoms with Gasteiger partial charge in [-0.15, -0.1) is 0 Å². The average Bonchev–Trinajstić information content (AvgIpc) is 3.48. The quantitative estimate of drug-likeness (QED) is 0.217. The SMILES string of the molecule is CNc1ncc2cc(-c3ccc(F)c(NC(=O)Nc4cnc(C(C)(C)C)nc4-c4cnsc4)c3)c(=O)n(C(C)C)c2n1. The number of anilines is 3. The number of benzene rings is 1. The minimum Gasteiger partial charge on any atom is -0.357 e. The van der Waals surface area contributed by atoms with Crippen LogP contribution in [0.2, 0.25) is 0 Å². The molecule has 2 amide bonds. The maximum Gasteiger partial charge on any atom is 0.323 e. The normalized spacial score (nSPS) is 11.6. The molecule has 5 rings (SSSR count). The molecule has 13 heteroatoms. The number of aromatic nitrogens is 6. The van der Waals surface area contributed by atoms with Gasteiger partial charge in [-0.3, -0.25) is 9.36 Å². The number of hydrogen-bond donors (Lipinski definition) is 3. The molecule has 0 aliphatic rings. The fourth-order valence-electron chi connectivity index (χ4n) is 4.37. The summed E-state index contributed by atoms with van der Waals surface area (Å²) in [7, 11) is 1.70. The molecule has 0 aliphatic heterocycles. The van der Waals surface area contributed by atoms with Crippen molar-refractivity contribution in [3.63, 3.8) is 0 Å². The third-order valence-electron chi connectivity index (χ3n) is 6.45. The Labute approximate surface area is 245 Å². The highest BCUT2D eigenvalue weighted by atomic mass is 32.1. The summed E-state index contributed by atoms with van der Waals surface area (Å²) < 4.78 is 20.6. The van der Waals surface area contributed by atoms with Gasteiger partial charge in [-0.05, 0) is 49.1 Å². The van der Waals surface area contributed by atoms with Crippen LogP contribution in [0.4, 0.5) is 26.5 Å². The standard InChI is InChI=1S/C29H30FN9O2S/c1-15(2)39-24-17(11-33-27(31-6)38-24)9-19(25(39)40)16-7-8-20(30)21(10-16)35-28(41)36-22-13-32-26(29(3,4)5)37-23(22)18-12-34-42-14-18/h7-15H,1-6H3,(H,31,33,38)(H2,35,36,41). The first-order chi connectivity index (χ1) is 20.0. The molecule has 0 atom stereocenters. The van der Waals surface area contributed by atoms with Crippen LogP contribution in [-0.4, -0.2) is 42.0 Å². The summed E-state index contributed by atoms with van der Waals surface area (Å²) in [6, 6.07) is 4.89. The van der Waals surface area contributed by atoms with E-state index in [1.165, 1.54) is 35.9 Å². The van der Waals surface area contributed by atoms with Gasteiger partial charge in [-0.25, -0.2) is 28.5 Å². The number of pyridine rings is 1. The van der Waals surface area contributed by atoms with Crippen LogP contribution in [0, 0.1) is 5.82 Å². The van der Waals surface area contributed by atoms with Gasteiger partial charge >= 0.3 is 6.03 Å². The molecule has 0 saturated heterocycles. The van der Waals surface area contributed by atoms with Crippen molar-refractivity contribution in [1.82, 2.24) is 28.9 Å². The fourth-order valence-corrected chi connectivity index (χ4v) is 4.89. The molecule has 0 spiro atoms. The summed E-state index contributed by atoms with van der Waals surface area (Å²) in [5, 5.41) is 10.6. The molecule has 0 aliphatic carbocycles. The van der Waals surface area contributed by atoms with Crippen molar-refractivity contribution < 1.29 is 9.18 Å². The number of nitrogens with one attached hydrogen (secondary N) is 3. The van der Waals surface area contributed by atoms with Gasteiger partial charge in [0.1, 0.15) is 23.0 Å². The number of amides is 2. The highest BCUT2D eigenvalue weighted by molar-refractivity contribution is 7.03. The second-order valence-electron chi connectivity index (χ2n) is 10.9. The van der Waals surface area contributed by atoms with Gasteiger partial charge in [-0.2, -0.15) is 4.98 Å². The van der Waals surface area contributed by atoms with Crippen molar-refractivity contribution in [2.45, 2.75) is 46.1 Å². The van der Waals surface area contributed by atoms with Crippen molar-refractivity contribution in [2.24, 2.45) is 0 Å². The molecule has 0 fully saturated rings. The molecule has 0 radical (unpaired) electrons. The smallest absolute Gasteiger partial charge is 0.323 e. The highest BCUT2D eigenvalue weighted by Gasteiger charge is 2.22. The van der Waals surface area contributed by atoms with Gasteiger partial charge in [0.05, 0.1) is 23.8 Å². The zero-order chi connectivity index (χ0) is 30.2. The number of nitrogens with zero attached hydrogens (tertiary/aromatic N) is 6. The van der Waals surface area contributed by atoms with Gasteiger partial charge in [-0.1, -0.05) is 26.8 Å². The molecular weight excluding hydrogens is 557 g/mol. The number of rotatable bonds is 6.